The summed E-state index contributed by atoms with van der Waals surface area (Å²) in [6, 6.07) is -0.398. The molecule has 98 valence electrons. The van der Waals surface area contributed by atoms with Gasteiger partial charge in [0.1, 0.15) is 6.04 Å². The van der Waals surface area contributed by atoms with Crippen LogP contribution in [0.5, 0.6) is 0 Å². The summed E-state index contributed by atoms with van der Waals surface area (Å²) >= 11 is 0. The molecule has 0 bridgehead atoms. The molecule has 17 heavy (non-hydrogen) atoms. The fourth-order valence-electron chi connectivity index (χ4n) is 1.99. The lowest BCUT2D eigenvalue weighted by Gasteiger charge is -2.41. The van der Waals surface area contributed by atoms with E-state index in [2.05, 4.69) is 5.32 Å². The van der Waals surface area contributed by atoms with Gasteiger partial charge >= 0.3 is 0 Å². The number of ether oxygens (including phenoxy) is 1. The van der Waals surface area contributed by atoms with Crippen LogP contribution in [0, 0.1) is 5.92 Å². The van der Waals surface area contributed by atoms with Gasteiger partial charge in [-0.1, -0.05) is 13.8 Å². The second-order valence-corrected chi connectivity index (χ2v) is 5.39. The number of nitrogens with zero attached hydrogens (tertiary/aromatic N) is 1. The SMILES string of the molecule is COC(C)(C)CN1C(=O)CNC(=O)C1C(C)C. The minimum Gasteiger partial charge on any atom is -0.377 e. The molecule has 5 nitrogen and oxygen atoms in total. The van der Waals surface area contributed by atoms with Crippen molar-refractivity contribution in [2.24, 2.45) is 5.92 Å². The Bertz CT molecular complexity index is 313. The monoisotopic (exact) mass is 242 g/mol. The highest BCUT2D eigenvalue weighted by Crippen LogP contribution is 2.19. The van der Waals surface area contributed by atoms with E-state index in [0.717, 1.165) is 0 Å². The van der Waals surface area contributed by atoms with Crippen LogP contribution in [0.4, 0.5) is 0 Å². The van der Waals surface area contributed by atoms with E-state index in [0.29, 0.717) is 6.54 Å². The quantitative estimate of drug-likeness (QED) is 0.776. The number of piperazine rings is 1. The Morgan fingerprint density at radius 2 is 2.06 bits per heavy atom. The molecule has 0 aromatic heterocycles. The largest absolute Gasteiger partial charge is 0.377 e. The summed E-state index contributed by atoms with van der Waals surface area (Å²) in [7, 11) is 1.61. The first-order chi connectivity index (χ1) is 7.78. The highest BCUT2D eigenvalue weighted by molar-refractivity contribution is 5.95. The minimum absolute atomic E-state index is 0.0478. The van der Waals surface area contributed by atoms with Crippen molar-refractivity contribution >= 4 is 11.8 Å². The lowest BCUT2D eigenvalue weighted by Crippen LogP contribution is -2.62. The molecule has 0 saturated carbocycles. The van der Waals surface area contributed by atoms with Gasteiger partial charge in [0, 0.05) is 7.11 Å². The highest BCUT2D eigenvalue weighted by atomic mass is 16.5. The summed E-state index contributed by atoms with van der Waals surface area (Å²) in [6.45, 7) is 8.21. The standard InChI is InChI=1S/C12H22N2O3/c1-8(2)10-11(16)13-6-9(15)14(10)7-12(3,4)17-5/h8,10H,6-7H2,1-5H3,(H,13,16). The van der Waals surface area contributed by atoms with E-state index in [1.165, 1.54) is 0 Å². The Balaban J connectivity index is 2.90. The van der Waals surface area contributed by atoms with Gasteiger partial charge < -0.3 is 15.0 Å². The molecule has 1 fully saturated rings. The van der Waals surface area contributed by atoms with Gasteiger partial charge in [-0.05, 0) is 19.8 Å². The van der Waals surface area contributed by atoms with Crippen LogP contribution < -0.4 is 5.32 Å². The first-order valence-electron chi connectivity index (χ1n) is 5.91. The summed E-state index contributed by atoms with van der Waals surface area (Å²) in [5, 5.41) is 2.63. The van der Waals surface area contributed by atoms with Crippen molar-refractivity contribution in [3.63, 3.8) is 0 Å². The smallest absolute Gasteiger partial charge is 0.243 e. The molecule has 0 aromatic carbocycles. The Hall–Kier alpha value is -1.10. The lowest BCUT2D eigenvalue weighted by molar-refractivity contribution is -0.151. The average Bonchev–Trinajstić information content (AvgIpc) is 2.23. The molecule has 1 N–H and O–H groups in total. The molecule has 0 aliphatic carbocycles. The Morgan fingerprint density at radius 1 is 1.47 bits per heavy atom. The maximum Gasteiger partial charge on any atom is 0.243 e. The van der Waals surface area contributed by atoms with E-state index in [1.807, 2.05) is 27.7 Å². The van der Waals surface area contributed by atoms with E-state index < -0.39 is 11.6 Å². The third-order valence-electron chi connectivity index (χ3n) is 3.07. The molecule has 1 rings (SSSR count). The van der Waals surface area contributed by atoms with Crippen molar-refractivity contribution < 1.29 is 14.3 Å². The number of rotatable bonds is 4. The van der Waals surface area contributed by atoms with Crippen molar-refractivity contribution in [3.05, 3.63) is 0 Å². The van der Waals surface area contributed by atoms with Crippen LogP contribution in [0.1, 0.15) is 27.7 Å². The van der Waals surface area contributed by atoms with Gasteiger partial charge in [0.25, 0.3) is 0 Å². The Kier molecular flexibility index (Phi) is 4.14. The third kappa shape index (κ3) is 3.19. The first-order valence-corrected chi connectivity index (χ1v) is 5.91. The highest BCUT2D eigenvalue weighted by Gasteiger charge is 2.39. The summed E-state index contributed by atoms with van der Waals surface area (Å²) in [5.74, 6) is -0.0353. The van der Waals surface area contributed by atoms with Gasteiger partial charge in [-0.3, -0.25) is 9.59 Å². The van der Waals surface area contributed by atoms with E-state index in [1.54, 1.807) is 12.0 Å². The number of nitrogens with one attached hydrogen (secondary N) is 1. The van der Waals surface area contributed by atoms with Crippen molar-refractivity contribution in [1.82, 2.24) is 10.2 Å². The fraction of sp³-hybridized carbons (Fsp3) is 0.833. The number of carbonyl (C=O) groups is 2. The summed E-state index contributed by atoms with van der Waals surface area (Å²) in [4.78, 5) is 25.4. The Morgan fingerprint density at radius 3 is 2.53 bits per heavy atom. The van der Waals surface area contributed by atoms with Crippen LogP contribution in [0.15, 0.2) is 0 Å². The molecular weight excluding hydrogens is 220 g/mol. The molecule has 5 heteroatoms. The van der Waals surface area contributed by atoms with Crippen molar-refractivity contribution in [2.75, 3.05) is 20.2 Å². The molecule has 0 radical (unpaired) electrons. The van der Waals surface area contributed by atoms with Gasteiger partial charge in [-0.2, -0.15) is 0 Å². The fourth-order valence-corrected chi connectivity index (χ4v) is 1.99. The summed E-state index contributed by atoms with van der Waals surface area (Å²) in [5.41, 5.74) is -0.444. The average molecular weight is 242 g/mol. The van der Waals surface area contributed by atoms with E-state index in [9.17, 15) is 9.59 Å². The predicted octanol–water partition coefficient (Wildman–Crippen LogP) is 0.394. The summed E-state index contributed by atoms with van der Waals surface area (Å²) < 4.78 is 5.33. The molecule has 1 aliphatic rings. The van der Waals surface area contributed by atoms with E-state index in [4.69, 9.17) is 4.74 Å². The molecule has 1 atom stereocenters. The van der Waals surface area contributed by atoms with Crippen LogP contribution >= 0.6 is 0 Å². The number of hydrogen-bond acceptors (Lipinski definition) is 3. The van der Waals surface area contributed by atoms with Gasteiger partial charge in [0.05, 0.1) is 18.7 Å². The normalized spacial score (nSPS) is 22.0. The number of carbonyl (C=O) groups excluding carboxylic acids is 2. The van der Waals surface area contributed by atoms with Crippen LogP contribution in [0.25, 0.3) is 0 Å². The zero-order chi connectivity index (χ0) is 13.2. The lowest BCUT2D eigenvalue weighted by atomic mass is 9.97. The number of amides is 2. The van der Waals surface area contributed by atoms with Gasteiger partial charge in [-0.25, -0.2) is 0 Å². The molecule has 1 heterocycles. The van der Waals surface area contributed by atoms with Crippen LogP contribution in [0.2, 0.25) is 0 Å². The van der Waals surface area contributed by atoms with Gasteiger partial charge in [0.15, 0.2) is 0 Å². The second kappa shape index (κ2) is 5.04. The van der Waals surface area contributed by atoms with Crippen molar-refractivity contribution in [1.29, 1.82) is 0 Å². The van der Waals surface area contributed by atoms with Crippen LogP contribution in [-0.2, 0) is 14.3 Å². The zero-order valence-electron chi connectivity index (χ0n) is 11.2. The van der Waals surface area contributed by atoms with E-state index >= 15 is 0 Å². The topological polar surface area (TPSA) is 58.6 Å². The van der Waals surface area contributed by atoms with Crippen molar-refractivity contribution in [3.8, 4) is 0 Å². The maximum absolute atomic E-state index is 11.9. The third-order valence-corrected chi connectivity index (χ3v) is 3.07. The molecule has 0 spiro atoms. The van der Waals surface area contributed by atoms with Gasteiger partial charge in [-0.15, -0.1) is 0 Å². The number of methoxy groups -OCH3 is 1. The first kappa shape index (κ1) is 14.0. The van der Waals surface area contributed by atoms with Gasteiger partial charge in [0.2, 0.25) is 11.8 Å². The zero-order valence-corrected chi connectivity index (χ0v) is 11.2. The van der Waals surface area contributed by atoms with Crippen LogP contribution in [0.3, 0.4) is 0 Å². The second-order valence-electron chi connectivity index (χ2n) is 5.39. The predicted molar refractivity (Wildman–Crippen MR) is 64.4 cm³/mol. The van der Waals surface area contributed by atoms with E-state index in [-0.39, 0.29) is 24.3 Å². The molecular formula is C12H22N2O3. The number of hydrogen-bond donors (Lipinski definition) is 1. The Labute approximate surface area is 102 Å². The van der Waals surface area contributed by atoms with Crippen LogP contribution in [-0.4, -0.2) is 48.6 Å². The maximum atomic E-state index is 11.9. The molecule has 2 amide bonds. The van der Waals surface area contributed by atoms with Crippen molar-refractivity contribution in [2.45, 2.75) is 39.3 Å². The molecule has 1 aliphatic heterocycles. The molecule has 1 saturated heterocycles. The minimum atomic E-state index is -0.444. The molecule has 0 aromatic rings. The summed E-state index contributed by atoms with van der Waals surface area (Å²) in [6.07, 6.45) is 0. The molecule has 1 unspecified atom stereocenters.